The SMILES string of the molecule is CCC=CCC=CCC=CCC=CCC=CCCCC(=O)OC(C)OC(=O)C1(O)CC(O)C(NC(C)=O)C(CC(O)CO)O1. The second-order valence-corrected chi connectivity index (χ2v) is 10.6. The van der Waals surface area contributed by atoms with Crippen LogP contribution in [0.2, 0.25) is 0 Å². The Hall–Kier alpha value is -3.09. The van der Waals surface area contributed by atoms with E-state index < -0.39 is 67.3 Å². The van der Waals surface area contributed by atoms with E-state index in [0.717, 1.165) is 32.1 Å². The van der Waals surface area contributed by atoms with Crippen molar-refractivity contribution in [3.8, 4) is 0 Å². The van der Waals surface area contributed by atoms with Crippen LogP contribution in [0, 0.1) is 0 Å². The number of allylic oxidation sites excluding steroid dienone is 10. The van der Waals surface area contributed by atoms with Gasteiger partial charge in [0, 0.05) is 33.1 Å². The molecule has 6 atom stereocenters. The van der Waals surface area contributed by atoms with Gasteiger partial charge in [-0.05, 0) is 44.9 Å². The summed E-state index contributed by atoms with van der Waals surface area (Å²) in [6.07, 6.45) is 20.8. The van der Waals surface area contributed by atoms with Crippen LogP contribution in [0.15, 0.2) is 60.8 Å². The van der Waals surface area contributed by atoms with E-state index in [1.165, 1.54) is 13.8 Å². The molecule has 0 aromatic rings. The van der Waals surface area contributed by atoms with Crippen molar-refractivity contribution in [2.45, 2.75) is 121 Å². The van der Waals surface area contributed by atoms with Crippen LogP contribution in [0.3, 0.4) is 0 Å². The number of nitrogens with one attached hydrogen (secondary N) is 1. The summed E-state index contributed by atoms with van der Waals surface area (Å²) in [6, 6.07) is -1.06. The fourth-order valence-corrected chi connectivity index (χ4v) is 4.37. The van der Waals surface area contributed by atoms with E-state index in [1.54, 1.807) is 0 Å². The summed E-state index contributed by atoms with van der Waals surface area (Å²) in [6.45, 7) is 3.99. The van der Waals surface area contributed by atoms with E-state index in [9.17, 15) is 29.7 Å². The van der Waals surface area contributed by atoms with Gasteiger partial charge in [-0.3, -0.25) is 9.59 Å². The average molecular weight is 622 g/mol. The first-order valence-electron chi connectivity index (χ1n) is 15.3. The highest BCUT2D eigenvalue weighted by atomic mass is 16.7. The van der Waals surface area contributed by atoms with Gasteiger partial charge in [0.1, 0.15) is 0 Å². The molecule has 0 bridgehead atoms. The number of esters is 2. The maximum Gasteiger partial charge on any atom is 0.369 e. The Morgan fingerprint density at radius 3 is 2.02 bits per heavy atom. The smallest absolute Gasteiger partial charge is 0.369 e. The van der Waals surface area contributed by atoms with Crippen molar-refractivity contribution < 1.29 is 49.0 Å². The van der Waals surface area contributed by atoms with Gasteiger partial charge in [-0.15, -0.1) is 0 Å². The van der Waals surface area contributed by atoms with Crippen LogP contribution in [-0.4, -0.2) is 81.3 Å². The van der Waals surface area contributed by atoms with Gasteiger partial charge < -0.3 is 40.0 Å². The molecular weight excluding hydrogens is 570 g/mol. The standard InChI is InChI=1S/C33H51NO10/c1-4-5-6-7-8-9-10-11-12-13-14-15-16-17-18-19-20-21-30(39)42-26(3)43-32(40)33(41)23-28(38)31(34-25(2)36)29(44-33)22-27(37)24-35/h5-6,8-9,11-12,14-15,17-18,26-29,31,35,37-38,41H,4,7,10,13,16,19-24H2,1-3H3,(H,34,36). The first-order valence-corrected chi connectivity index (χ1v) is 15.3. The number of unbranched alkanes of at least 4 members (excludes halogenated alkanes) is 1. The third kappa shape index (κ3) is 16.7. The zero-order valence-electron chi connectivity index (χ0n) is 26.2. The van der Waals surface area contributed by atoms with Gasteiger partial charge in [0.25, 0.3) is 5.79 Å². The number of aliphatic hydroxyl groups is 4. The first-order chi connectivity index (χ1) is 21.0. The number of carbonyl (C=O) groups excluding carboxylic acids is 3. The van der Waals surface area contributed by atoms with E-state index in [4.69, 9.17) is 19.3 Å². The van der Waals surface area contributed by atoms with E-state index in [-0.39, 0.29) is 12.8 Å². The van der Waals surface area contributed by atoms with Crippen molar-refractivity contribution in [2.24, 2.45) is 0 Å². The molecule has 11 heteroatoms. The van der Waals surface area contributed by atoms with Crippen LogP contribution in [0.4, 0.5) is 0 Å². The molecule has 0 aromatic carbocycles. The molecule has 0 spiro atoms. The normalized spacial score (nSPS) is 24.0. The lowest BCUT2D eigenvalue weighted by atomic mass is 9.90. The maximum atomic E-state index is 12.7. The number of hydrogen-bond acceptors (Lipinski definition) is 10. The molecule has 1 fully saturated rings. The summed E-state index contributed by atoms with van der Waals surface area (Å²) >= 11 is 0. The van der Waals surface area contributed by atoms with Crippen molar-refractivity contribution in [1.29, 1.82) is 0 Å². The summed E-state index contributed by atoms with van der Waals surface area (Å²) < 4.78 is 15.6. The van der Waals surface area contributed by atoms with Crippen LogP contribution < -0.4 is 5.32 Å². The van der Waals surface area contributed by atoms with Crippen LogP contribution in [0.5, 0.6) is 0 Å². The molecule has 1 amide bonds. The van der Waals surface area contributed by atoms with Gasteiger partial charge in [0.15, 0.2) is 0 Å². The van der Waals surface area contributed by atoms with Gasteiger partial charge >= 0.3 is 11.9 Å². The molecule has 5 N–H and O–H groups in total. The highest BCUT2D eigenvalue weighted by Gasteiger charge is 2.52. The molecule has 1 rings (SSSR count). The third-order valence-corrected chi connectivity index (χ3v) is 6.53. The Kier molecular flexibility index (Phi) is 19.8. The third-order valence-electron chi connectivity index (χ3n) is 6.53. The lowest BCUT2D eigenvalue weighted by molar-refractivity contribution is -0.290. The van der Waals surface area contributed by atoms with Crippen molar-refractivity contribution in [2.75, 3.05) is 6.61 Å². The fraction of sp³-hybridized carbons (Fsp3) is 0.606. The average Bonchev–Trinajstić information content (AvgIpc) is 2.96. The molecule has 11 nitrogen and oxygen atoms in total. The highest BCUT2D eigenvalue weighted by molar-refractivity contribution is 5.78. The second-order valence-electron chi connectivity index (χ2n) is 10.6. The fourth-order valence-electron chi connectivity index (χ4n) is 4.37. The summed E-state index contributed by atoms with van der Waals surface area (Å²) in [5, 5.41) is 42.7. The summed E-state index contributed by atoms with van der Waals surface area (Å²) in [4.78, 5) is 36.4. The summed E-state index contributed by atoms with van der Waals surface area (Å²) in [7, 11) is 0. The molecule has 44 heavy (non-hydrogen) atoms. The van der Waals surface area contributed by atoms with E-state index >= 15 is 0 Å². The van der Waals surface area contributed by atoms with Gasteiger partial charge in [-0.1, -0.05) is 67.7 Å². The lowest BCUT2D eigenvalue weighted by Crippen LogP contribution is -2.64. The van der Waals surface area contributed by atoms with Crippen LogP contribution in [-0.2, 0) is 28.6 Å². The van der Waals surface area contributed by atoms with E-state index in [0.29, 0.717) is 12.8 Å². The van der Waals surface area contributed by atoms with Gasteiger partial charge in [-0.2, -0.15) is 0 Å². The number of rotatable bonds is 20. The Morgan fingerprint density at radius 2 is 1.50 bits per heavy atom. The maximum absolute atomic E-state index is 12.7. The summed E-state index contributed by atoms with van der Waals surface area (Å²) in [5.74, 6) is -5.03. The van der Waals surface area contributed by atoms with E-state index in [2.05, 4.69) is 60.8 Å². The molecule has 1 heterocycles. The lowest BCUT2D eigenvalue weighted by Gasteiger charge is -2.43. The molecule has 1 aliphatic heterocycles. The number of ether oxygens (including phenoxy) is 3. The predicted octanol–water partition coefficient (Wildman–Crippen LogP) is 3.43. The molecule has 0 saturated carbocycles. The highest BCUT2D eigenvalue weighted by Crippen LogP contribution is 2.31. The number of carbonyl (C=O) groups is 3. The Balaban J connectivity index is 2.36. The van der Waals surface area contributed by atoms with E-state index in [1.807, 2.05) is 12.2 Å². The van der Waals surface area contributed by atoms with Crippen molar-refractivity contribution in [3.05, 3.63) is 60.8 Å². The van der Waals surface area contributed by atoms with Crippen molar-refractivity contribution in [3.63, 3.8) is 0 Å². The molecule has 248 valence electrons. The minimum absolute atomic E-state index is 0.0925. The number of aliphatic hydroxyl groups excluding tert-OH is 3. The zero-order valence-corrected chi connectivity index (χ0v) is 26.2. The Labute approximate surface area is 261 Å². The van der Waals surface area contributed by atoms with Crippen LogP contribution in [0.1, 0.15) is 85.0 Å². The Morgan fingerprint density at radius 1 is 0.955 bits per heavy atom. The monoisotopic (exact) mass is 621 g/mol. The molecule has 0 radical (unpaired) electrons. The molecule has 6 unspecified atom stereocenters. The minimum atomic E-state index is -2.63. The molecule has 1 saturated heterocycles. The predicted molar refractivity (Wildman–Crippen MR) is 166 cm³/mol. The van der Waals surface area contributed by atoms with Gasteiger partial charge in [-0.25, -0.2) is 4.79 Å². The molecule has 0 aliphatic carbocycles. The summed E-state index contributed by atoms with van der Waals surface area (Å²) in [5.41, 5.74) is 0. The largest absolute Gasteiger partial charge is 0.425 e. The van der Waals surface area contributed by atoms with Gasteiger partial charge in [0.05, 0.1) is 31.0 Å². The van der Waals surface area contributed by atoms with Crippen molar-refractivity contribution >= 4 is 17.8 Å². The van der Waals surface area contributed by atoms with Crippen LogP contribution >= 0.6 is 0 Å². The Bertz CT molecular complexity index is 1000. The molecule has 0 aromatic heterocycles. The van der Waals surface area contributed by atoms with Gasteiger partial charge in [0.2, 0.25) is 12.2 Å². The van der Waals surface area contributed by atoms with Crippen LogP contribution in [0.25, 0.3) is 0 Å². The zero-order chi connectivity index (χ0) is 32.8. The van der Waals surface area contributed by atoms with Crippen molar-refractivity contribution in [1.82, 2.24) is 5.32 Å². The minimum Gasteiger partial charge on any atom is -0.425 e. The number of amides is 1. The first kappa shape index (κ1) is 38.9. The molecule has 1 aliphatic rings. The molecular formula is C33H51NO10. The second kappa shape index (κ2) is 22.4. The number of hydrogen-bond donors (Lipinski definition) is 5. The quantitative estimate of drug-likeness (QED) is 0.0587. The topological polar surface area (TPSA) is 172 Å².